The predicted octanol–water partition coefficient (Wildman–Crippen LogP) is 1.54. The van der Waals surface area contributed by atoms with E-state index < -0.39 is 5.54 Å². The van der Waals surface area contributed by atoms with E-state index in [0.29, 0.717) is 30.8 Å². The van der Waals surface area contributed by atoms with Crippen molar-refractivity contribution >= 4 is 29.9 Å². The van der Waals surface area contributed by atoms with Crippen LogP contribution in [0.15, 0.2) is 42.7 Å². The van der Waals surface area contributed by atoms with E-state index in [4.69, 9.17) is 4.74 Å². The van der Waals surface area contributed by atoms with Gasteiger partial charge in [0.25, 0.3) is 11.8 Å². The first-order valence-corrected chi connectivity index (χ1v) is 9.16. The maximum atomic E-state index is 13.1. The normalized spacial score (nSPS) is 15.2. The van der Waals surface area contributed by atoms with Crippen molar-refractivity contribution in [3.05, 3.63) is 42.7 Å². The maximum absolute atomic E-state index is 13.1. The van der Waals surface area contributed by atoms with E-state index in [-0.39, 0.29) is 30.8 Å². The molecule has 2 aromatic rings. The van der Waals surface area contributed by atoms with Gasteiger partial charge >= 0.3 is 0 Å². The lowest BCUT2D eigenvalue weighted by molar-refractivity contribution is -0.126. The first kappa shape index (κ1) is 21.7. The van der Waals surface area contributed by atoms with Crippen LogP contribution >= 0.6 is 12.4 Å². The summed E-state index contributed by atoms with van der Waals surface area (Å²) in [5, 5.41) is 13.3. The van der Waals surface area contributed by atoms with Crippen LogP contribution in [0.3, 0.4) is 0 Å². The summed E-state index contributed by atoms with van der Waals surface area (Å²) in [7, 11) is 0. The van der Waals surface area contributed by atoms with E-state index in [1.54, 1.807) is 35.1 Å². The minimum absolute atomic E-state index is 0. The molecule has 1 aromatic heterocycles. The third-order valence-electron chi connectivity index (χ3n) is 4.65. The van der Waals surface area contributed by atoms with Crippen LogP contribution in [-0.4, -0.2) is 47.8 Å². The summed E-state index contributed by atoms with van der Waals surface area (Å²) >= 11 is 0. The molecule has 0 atom stereocenters. The zero-order valence-corrected chi connectivity index (χ0v) is 16.6. The lowest BCUT2D eigenvalue weighted by Gasteiger charge is -2.36. The molecule has 0 aliphatic carbocycles. The van der Waals surface area contributed by atoms with Gasteiger partial charge in [0.1, 0.15) is 11.3 Å². The van der Waals surface area contributed by atoms with Crippen LogP contribution in [0.2, 0.25) is 0 Å². The zero-order valence-electron chi connectivity index (χ0n) is 15.8. The van der Waals surface area contributed by atoms with Gasteiger partial charge in [-0.25, -0.2) is 0 Å². The van der Waals surface area contributed by atoms with Gasteiger partial charge in [-0.05, 0) is 63.2 Å². The smallest absolute Gasteiger partial charge is 0.257 e. The van der Waals surface area contributed by atoms with Gasteiger partial charge in [-0.2, -0.15) is 5.10 Å². The number of aromatic nitrogens is 2. The van der Waals surface area contributed by atoms with Crippen molar-refractivity contribution < 1.29 is 14.3 Å². The minimum Gasteiger partial charge on any atom is -0.484 e. The molecule has 0 saturated carbocycles. The summed E-state index contributed by atoms with van der Waals surface area (Å²) < 4.78 is 7.19. The Kier molecular flexibility index (Phi) is 7.83. The average molecular weight is 408 g/mol. The number of hydrogen-bond donors (Lipinski definition) is 3. The predicted molar refractivity (Wildman–Crippen MR) is 109 cm³/mol. The summed E-state index contributed by atoms with van der Waals surface area (Å²) in [4.78, 5) is 24.5. The first-order valence-electron chi connectivity index (χ1n) is 9.16. The SMILES string of the molecule is CCNC(=O)COc1ccc(NC(=O)C2(n3cccn3)CCNCC2)cc1.Cl. The molecule has 8 nitrogen and oxygen atoms in total. The molecule has 0 bridgehead atoms. The minimum atomic E-state index is -0.692. The van der Waals surface area contributed by atoms with Gasteiger partial charge in [0, 0.05) is 24.6 Å². The molecule has 1 saturated heterocycles. The quantitative estimate of drug-likeness (QED) is 0.646. The summed E-state index contributed by atoms with van der Waals surface area (Å²) in [6.45, 7) is 3.92. The molecular weight excluding hydrogens is 382 g/mol. The van der Waals surface area contributed by atoms with Gasteiger partial charge in [0.05, 0.1) is 0 Å². The Labute approximate surface area is 170 Å². The number of hydrogen-bond acceptors (Lipinski definition) is 5. The summed E-state index contributed by atoms with van der Waals surface area (Å²) in [5.74, 6) is 0.327. The number of anilines is 1. The maximum Gasteiger partial charge on any atom is 0.257 e. The second-order valence-corrected chi connectivity index (χ2v) is 6.45. The average Bonchev–Trinajstić information content (AvgIpc) is 3.23. The summed E-state index contributed by atoms with van der Waals surface area (Å²) in [6.07, 6.45) is 4.88. The number of ether oxygens (including phenoxy) is 1. The Hall–Kier alpha value is -2.58. The highest BCUT2D eigenvalue weighted by atomic mass is 35.5. The molecule has 9 heteroatoms. The number of nitrogens with zero attached hydrogens (tertiary/aromatic N) is 2. The molecule has 1 aromatic carbocycles. The zero-order chi connectivity index (χ0) is 19.1. The third-order valence-corrected chi connectivity index (χ3v) is 4.65. The number of piperidine rings is 1. The lowest BCUT2D eigenvalue weighted by Crippen LogP contribution is -2.52. The highest BCUT2D eigenvalue weighted by molar-refractivity contribution is 5.96. The van der Waals surface area contributed by atoms with Gasteiger partial charge in [0.2, 0.25) is 0 Å². The van der Waals surface area contributed by atoms with Crippen LogP contribution in [0.1, 0.15) is 19.8 Å². The van der Waals surface area contributed by atoms with Crippen LogP contribution in [0.5, 0.6) is 5.75 Å². The van der Waals surface area contributed by atoms with Gasteiger partial charge in [-0.15, -0.1) is 12.4 Å². The monoisotopic (exact) mass is 407 g/mol. The highest BCUT2D eigenvalue weighted by Gasteiger charge is 2.42. The Morgan fingerprint density at radius 3 is 2.57 bits per heavy atom. The Balaban J connectivity index is 0.00000280. The molecule has 28 heavy (non-hydrogen) atoms. The van der Waals surface area contributed by atoms with Crippen molar-refractivity contribution in [1.82, 2.24) is 20.4 Å². The third kappa shape index (κ3) is 5.02. The fourth-order valence-corrected chi connectivity index (χ4v) is 3.20. The molecule has 3 N–H and O–H groups in total. The molecule has 1 aliphatic heterocycles. The van der Waals surface area contributed by atoms with E-state index in [1.165, 1.54) is 0 Å². The van der Waals surface area contributed by atoms with Crippen molar-refractivity contribution in [3.63, 3.8) is 0 Å². The van der Waals surface area contributed by atoms with Crippen LogP contribution in [0, 0.1) is 0 Å². The van der Waals surface area contributed by atoms with Gasteiger partial charge in [-0.3, -0.25) is 14.3 Å². The molecule has 2 amide bonds. The number of nitrogens with one attached hydrogen (secondary N) is 3. The van der Waals surface area contributed by atoms with E-state index in [1.807, 2.05) is 19.2 Å². The van der Waals surface area contributed by atoms with E-state index in [0.717, 1.165) is 13.1 Å². The second kappa shape index (κ2) is 10.1. The number of benzene rings is 1. The molecular formula is C19H26ClN5O3. The standard InChI is InChI=1S/C19H25N5O3.ClH/c1-2-21-17(25)14-27-16-6-4-15(5-7-16)23-18(26)19(8-11-20-12-9-19)24-13-3-10-22-24;/h3-7,10,13,20H,2,8-9,11-12,14H2,1H3,(H,21,25)(H,23,26);1H. The van der Waals surface area contributed by atoms with Crippen LogP contribution in [0.4, 0.5) is 5.69 Å². The van der Waals surface area contributed by atoms with Gasteiger partial charge < -0.3 is 20.7 Å². The van der Waals surface area contributed by atoms with E-state index in [9.17, 15) is 9.59 Å². The molecule has 2 heterocycles. The number of amides is 2. The van der Waals surface area contributed by atoms with E-state index >= 15 is 0 Å². The van der Waals surface area contributed by atoms with Crippen LogP contribution in [-0.2, 0) is 15.1 Å². The fourth-order valence-electron chi connectivity index (χ4n) is 3.20. The molecule has 0 unspecified atom stereocenters. The Morgan fingerprint density at radius 1 is 1.25 bits per heavy atom. The highest BCUT2D eigenvalue weighted by Crippen LogP contribution is 2.29. The van der Waals surface area contributed by atoms with Gasteiger partial charge in [0.15, 0.2) is 6.61 Å². The van der Waals surface area contributed by atoms with Crippen LogP contribution < -0.4 is 20.7 Å². The number of carbonyl (C=O) groups is 2. The van der Waals surface area contributed by atoms with Crippen molar-refractivity contribution in [2.45, 2.75) is 25.3 Å². The fraction of sp³-hybridized carbons (Fsp3) is 0.421. The number of rotatable bonds is 7. The molecule has 3 rings (SSSR count). The molecule has 0 radical (unpaired) electrons. The number of likely N-dealkylation sites (N-methyl/N-ethyl adjacent to an activating group) is 1. The van der Waals surface area contributed by atoms with Gasteiger partial charge in [-0.1, -0.05) is 0 Å². The summed E-state index contributed by atoms with van der Waals surface area (Å²) in [5.41, 5.74) is -0.0160. The Morgan fingerprint density at radius 2 is 1.96 bits per heavy atom. The molecule has 1 fully saturated rings. The van der Waals surface area contributed by atoms with Crippen molar-refractivity contribution in [2.24, 2.45) is 0 Å². The number of halogens is 1. The van der Waals surface area contributed by atoms with Crippen molar-refractivity contribution in [1.29, 1.82) is 0 Å². The topological polar surface area (TPSA) is 97.3 Å². The van der Waals surface area contributed by atoms with Crippen LogP contribution in [0.25, 0.3) is 0 Å². The molecule has 152 valence electrons. The summed E-state index contributed by atoms with van der Waals surface area (Å²) in [6, 6.07) is 8.83. The second-order valence-electron chi connectivity index (χ2n) is 6.45. The number of carbonyl (C=O) groups excluding carboxylic acids is 2. The lowest BCUT2D eigenvalue weighted by atomic mass is 9.87. The van der Waals surface area contributed by atoms with Crippen molar-refractivity contribution in [2.75, 3.05) is 31.6 Å². The first-order chi connectivity index (χ1) is 13.1. The Bertz CT molecular complexity index is 758. The molecule has 1 aliphatic rings. The van der Waals surface area contributed by atoms with E-state index in [2.05, 4.69) is 21.0 Å². The molecule has 0 spiro atoms. The van der Waals surface area contributed by atoms with Crippen molar-refractivity contribution in [3.8, 4) is 5.75 Å². The largest absolute Gasteiger partial charge is 0.484 e.